The van der Waals surface area contributed by atoms with Gasteiger partial charge in [0, 0.05) is 5.92 Å². The maximum absolute atomic E-state index is 11.3. The number of methoxy groups -OCH3 is 1. The van der Waals surface area contributed by atoms with Crippen LogP contribution in [-0.2, 0) is 9.53 Å². The van der Waals surface area contributed by atoms with E-state index in [2.05, 4.69) is 12.1 Å². The molecule has 3 rings (SSSR count). The molecule has 18 heavy (non-hydrogen) atoms. The number of ether oxygens (including phenoxy) is 2. The van der Waals surface area contributed by atoms with E-state index in [1.54, 1.807) is 7.11 Å². The quantitative estimate of drug-likeness (QED) is 0.753. The van der Waals surface area contributed by atoms with Crippen molar-refractivity contribution in [3.05, 3.63) is 29.8 Å². The molecule has 1 aliphatic carbocycles. The highest BCUT2D eigenvalue weighted by Gasteiger charge is 2.39. The Morgan fingerprint density at radius 2 is 2.00 bits per heavy atom. The maximum atomic E-state index is 11.3. The van der Waals surface area contributed by atoms with Gasteiger partial charge in [0.15, 0.2) is 0 Å². The molecule has 0 amide bonds. The van der Waals surface area contributed by atoms with Crippen molar-refractivity contribution in [1.29, 1.82) is 0 Å². The van der Waals surface area contributed by atoms with Crippen molar-refractivity contribution in [2.24, 2.45) is 5.92 Å². The highest BCUT2D eigenvalue weighted by atomic mass is 16.5. The summed E-state index contributed by atoms with van der Waals surface area (Å²) >= 11 is 0. The molecule has 0 bridgehead atoms. The Morgan fingerprint density at radius 1 is 1.22 bits per heavy atom. The number of hydrogen-bond donors (Lipinski definition) is 0. The molecule has 1 saturated heterocycles. The molecule has 0 aromatic heterocycles. The van der Waals surface area contributed by atoms with Gasteiger partial charge >= 0.3 is 5.97 Å². The first-order valence-electron chi connectivity index (χ1n) is 6.59. The number of fused-ring (bicyclic) bond motifs is 1. The first kappa shape index (κ1) is 11.6. The fourth-order valence-corrected chi connectivity index (χ4v) is 3.18. The summed E-state index contributed by atoms with van der Waals surface area (Å²) in [6.07, 6.45) is 4.01. The van der Waals surface area contributed by atoms with E-state index in [9.17, 15) is 4.79 Å². The van der Waals surface area contributed by atoms with Crippen LogP contribution in [-0.4, -0.2) is 19.2 Å². The van der Waals surface area contributed by atoms with Crippen molar-refractivity contribution in [2.45, 2.75) is 37.7 Å². The summed E-state index contributed by atoms with van der Waals surface area (Å²) in [5, 5.41) is 0. The fourth-order valence-electron chi connectivity index (χ4n) is 3.18. The zero-order valence-corrected chi connectivity index (χ0v) is 10.6. The molecule has 0 spiro atoms. The van der Waals surface area contributed by atoms with Crippen molar-refractivity contribution in [3.8, 4) is 5.75 Å². The molecule has 2 aliphatic rings. The predicted molar refractivity (Wildman–Crippen MR) is 67.6 cm³/mol. The molecule has 0 radical (unpaired) electrons. The molecule has 3 unspecified atom stereocenters. The van der Waals surface area contributed by atoms with Gasteiger partial charge in [0.25, 0.3) is 0 Å². The second-order valence-electron chi connectivity index (χ2n) is 5.28. The molecule has 3 atom stereocenters. The van der Waals surface area contributed by atoms with Crippen LogP contribution in [0.1, 0.15) is 37.2 Å². The molecule has 1 heterocycles. The molecule has 1 aromatic rings. The van der Waals surface area contributed by atoms with E-state index in [0.717, 1.165) is 25.0 Å². The Balaban J connectivity index is 1.71. The Labute approximate surface area is 107 Å². The lowest BCUT2D eigenvalue weighted by atomic mass is 9.77. The SMILES string of the molecule is COc1ccc(C2CCC3CC(=O)OC3C2)cc1. The first-order chi connectivity index (χ1) is 8.76. The van der Waals surface area contributed by atoms with Crippen LogP contribution in [0, 0.1) is 5.92 Å². The van der Waals surface area contributed by atoms with E-state index in [4.69, 9.17) is 9.47 Å². The Hall–Kier alpha value is -1.51. The van der Waals surface area contributed by atoms with Crippen molar-refractivity contribution in [3.63, 3.8) is 0 Å². The van der Waals surface area contributed by atoms with Gasteiger partial charge in [-0.25, -0.2) is 0 Å². The van der Waals surface area contributed by atoms with E-state index < -0.39 is 0 Å². The average Bonchev–Trinajstić information content (AvgIpc) is 2.78. The second kappa shape index (κ2) is 4.63. The Morgan fingerprint density at radius 3 is 2.72 bits per heavy atom. The molecule has 1 saturated carbocycles. The van der Waals surface area contributed by atoms with E-state index in [-0.39, 0.29) is 12.1 Å². The molecule has 3 nitrogen and oxygen atoms in total. The van der Waals surface area contributed by atoms with E-state index >= 15 is 0 Å². The van der Waals surface area contributed by atoms with Crippen molar-refractivity contribution < 1.29 is 14.3 Å². The normalized spacial score (nSPS) is 30.7. The largest absolute Gasteiger partial charge is 0.497 e. The van der Waals surface area contributed by atoms with Gasteiger partial charge in [0.1, 0.15) is 11.9 Å². The maximum Gasteiger partial charge on any atom is 0.306 e. The van der Waals surface area contributed by atoms with Gasteiger partial charge < -0.3 is 9.47 Å². The smallest absolute Gasteiger partial charge is 0.306 e. The first-order valence-corrected chi connectivity index (χ1v) is 6.59. The van der Waals surface area contributed by atoms with Crippen LogP contribution in [0.4, 0.5) is 0 Å². The predicted octanol–water partition coefficient (Wildman–Crippen LogP) is 2.89. The number of hydrogen-bond acceptors (Lipinski definition) is 3. The number of esters is 1. The standard InChI is InChI=1S/C15H18O3/c1-17-13-6-4-10(5-7-13)11-2-3-12-9-15(16)18-14(12)8-11/h4-7,11-12,14H,2-3,8-9H2,1H3. The van der Waals surface area contributed by atoms with Gasteiger partial charge in [-0.15, -0.1) is 0 Å². The molecular weight excluding hydrogens is 228 g/mol. The van der Waals surface area contributed by atoms with Crippen molar-refractivity contribution in [1.82, 2.24) is 0 Å². The molecule has 3 heteroatoms. The molecule has 1 aliphatic heterocycles. The van der Waals surface area contributed by atoms with E-state index in [1.165, 1.54) is 5.56 Å². The average molecular weight is 246 g/mol. The zero-order chi connectivity index (χ0) is 12.5. The van der Waals surface area contributed by atoms with Crippen molar-refractivity contribution in [2.75, 3.05) is 7.11 Å². The van der Waals surface area contributed by atoms with E-state index in [1.807, 2.05) is 12.1 Å². The minimum Gasteiger partial charge on any atom is -0.497 e. The van der Waals surface area contributed by atoms with Gasteiger partial charge in [-0.05, 0) is 42.9 Å². The minimum atomic E-state index is -0.0135. The highest BCUT2D eigenvalue weighted by Crippen LogP contribution is 2.42. The minimum absolute atomic E-state index is 0.0135. The van der Waals surface area contributed by atoms with Gasteiger partial charge in [0.2, 0.25) is 0 Å². The third-order valence-corrected chi connectivity index (χ3v) is 4.23. The van der Waals surface area contributed by atoms with Gasteiger partial charge in [-0.2, -0.15) is 0 Å². The lowest BCUT2D eigenvalue weighted by Crippen LogP contribution is -2.25. The molecular formula is C15H18O3. The summed E-state index contributed by atoms with van der Waals surface area (Å²) in [5.74, 6) is 1.86. The Bertz CT molecular complexity index is 438. The summed E-state index contributed by atoms with van der Waals surface area (Å²) in [6, 6.07) is 8.26. The zero-order valence-electron chi connectivity index (χ0n) is 10.6. The molecule has 2 fully saturated rings. The summed E-state index contributed by atoms with van der Waals surface area (Å²) < 4.78 is 10.6. The number of carbonyl (C=O) groups excluding carboxylic acids is 1. The third kappa shape index (κ3) is 2.09. The van der Waals surface area contributed by atoms with Gasteiger partial charge in [0.05, 0.1) is 13.5 Å². The third-order valence-electron chi connectivity index (χ3n) is 4.23. The van der Waals surface area contributed by atoms with Crippen LogP contribution >= 0.6 is 0 Å². The van der Waals surface area contributed by atoms with Crippen LogP contribution < -0.4 is 4.74 Å². The topological polar surface area (TPSA) is 35.5 Å². The number of rotatable bonds is 2. The number of carbonyl (C=O) groups is 1. The lowest BCUT2D eigenvalue weighted by Gasteiger charge is -2.30. The van der Waals surface area contributed by atoms with Crippen LogP contribution in [0.5, 0.6) is 5.75 Å². The fraction of sp³-hybridized carbons (Fsp3) is 0.533. The second-order valence-corrected chi connectivity index (χ2v) is 5.28. The monoisotopic (exact) mass is 246 g/mol. The van der Waals surface area contributed by atoms with Gasteiger partial charge in [-0.1, -0.05) is 12.1 Å². The molecule has 0 N–H and O–H groups in total. The number of benzene rings is 1. The summed E-state index contributed by atoms with van der Waals surface area (Å²) in [6.45, 7) is 0. The summed E-state index contributed by atoms with van der Waals surface area (Å²) in [5.41, 5.74) is 1.33. The highest BCUT2D eigenvalue weighted by molar-refractivity contribution is 5.72. The van der Waals surface area contributed by atoms with Gasteiger partial charge in [-0.3, -0.25) is 4.79 Å². The van der Waals surface area contributed by atoms with Crippen LogP contribution in [0.15, 0.2) is 24.3 Å². The molecule has 1 aromatic carbocycles. The summed E-state index contributed by atoms with van der Waals surface area (Å²) in [4.78, 5) is 11.3. The summed E-state index contributed by atoms with van der Waals surface area (Å²) in [7, 11) is 1.68. The van der Waals surface area contributed by atoms with Crippen LogP contribution in [0.25, 0.3) is 0 Å². The Kier molecular flexibility index (Phi) is 2.98. The van der Waals surface area contributed by atoms with E-state index in [0.29, 0.717) is 18.3 Å². The van der Waals surface area contributed by atoms with Crippen LogP contribution in [0.2, 0.25) is 0 Å². The van der Waals surface area contributed by atoms with Crippen LogP contribution in [0.3, 0.4) is 0 Å². The van der Waals surface area contributed by atoms with Crippen molar-refractivity contribution >= 4 is 5.97 Å². The molecule has 96 valence electrons. The lowest BCUT2D eigenvalue weighted by molar-refractivity contribution is -0.142.